The zero-order valence-corrected chi connectivity index (χ0v) is 11.5. The Labute approximate surface area is 112 Å². The van der Waals surface area contributed by atoms with Gasteiger partial charge in [0.25, 0.3) is 0 Å². The molecule has 0 saturated heterocycles. The van der Waals surface area contributed by atoms with Gasteiger partial charge in [-0.15, -0.1) is 0 Å². The summed E-state index contributed by atoms with van der Waals surface area (Å²) in [5.74, 6) is 0.194. The SMILES string of the molecule is CC(C)S(=O)(=O)Nc1ccccc1OC/C(N)=N/O. The lowest BCUT2D eigenvalue weighted by atomic mass is 10.3. The fraction of sp³-hybridized carbons (Fsp3) is 0.364. The highest BCUT2D eigenvalue weighted by Crippen LogP contribution is 2.25. The van der Waals surface area contributed by atoms with Crippen LogP contribution in [0.25, 0.3) is 0 Å². The van der Waals surface area contributed by atoms with Gasteiger partial charge in [0.1, 0.15) is 12.4 Å². The van der Waals surface area contributed by atoms with Gasteiger partial charge in [0.15, 0.2) is 5.84 Å². The summed E-state index contributed by atoms with van der Waals surface area (Å²) in [6.07, 6.45) is 0. The quantitative estimate of drug-likeness (QED) is 0.312. The second-order valence-electron chi connectivity index (χ2n) is 4.07. The molecule has 1 aromatic carbocycles. The second-order valence-corrected chi connectivity index (χ2v) is 6.31. The van der Waals surface area contributed by atoms with Gasteiger partial charge in [0.05, 0.1) is 10.9 Å². The van der Waals surface area contributed by atoms with E-state index in [1.165, 1.54) is 0 Å². The molecule has 7 nitrogen and oxygen atoms in total. The van der Waals surface area contributed by atoms with E-state index in [2.05, 4.69) is 9.88 Å². The van der Waals surface area contributed by atoms with Crippen LogP contribution in [0, 0.1) is 0 Å². The van der Waals surface area contributed by atoms with E-state index in [0.717, 1.165) is 0 Å². The van der Waals surface area contributed by atoms with Gasteiger partial charge in [0.2, 0.25) is 10.0 Å². The molecule has 0 saturated carbocycles. The Morgan fingerprint density at radius 3 is 2.68 bits per heavy atom. The molecule has 0 unspecified atom stereocenters. The number of sulfonamides is 1. The standard InChI is InChI=1S/C11H17N3O4S/c1-8(2)19(16,17)14-9-5-3-4-6-10(9)18-7-11(12)13-15/h3-6,8,14-15H,7H2,1-2H3,(H2,12,13). The molecule has 1 aromatic rings. The van der Waals surface area contributed by atoms with Crippen LogP contribution >= 0.6 is 0 Å². The van der Waals surface area contributed by atoms with Crippen molar-refractivity contribution in [2.75, 3.05) is 11.3 Å². The molecule has 8 heteroatoms. The van der Waals surface area contributed by atoms with Crippen molar-refractivity contribution in [3.05, 3.63) is 24.3 Å². The molecule has 1 rings (SSSR count). The van der Waals surface area contributed by atoms with Gasteiger partial charge in [-0.05, 0) is 26.0 Å². The largest absolute Gasteiger partial charge is 0.483 e. The van der Waals surface area contributed by atoms with Crippen molar-refractivity contribution in [2.24, 2.45) is 10.9 Å². The molecule has 0 radical (unpaired) electrons. The van der Waals surface area contributed by atoms with Crippen molar-refractivity contribution in [1.29, 1.82) is 0 Å². The number of amidine groups is 1. The average molecular weight is 287 g/mol. The predicted molar refractivity (Wildman–Crippen MR) is 73.0 cm³/mol. The molecular weight excluding hydrogens is 270 g/mol. The molecule has 0 heterocycles. The number of nitrogens with two attached hydrogens (primary N) is 1. The fourth-order valence-corrected chi connectivity index (χ4v) is 1.84. The van der Waals surface area contributed by atoms with Crippen LogP contribution in [0.3, 0.4) is 0 Å². The third kappa shape index (κ3) is 4.32. The van der Waals surface area contributed by atoms with Crippen molar-refractivity contribution < 1.29 is 18.4 Å². The molecule has 0 bridgehead atoms. The molecular formula is C11H17N3O4S. The summed E-state index contributed by atoms with van der Waals surface area (Å²) < 4.78 is 31.3. The molecule has 0 aliphatic heterocycles. The minimum Gasteiger partial charge on any atom is -0.483 e. The molecule has 0 amide bonds. The number of nitrogens with zero attached hydrogens (tertiary/aromatic N) is 1. The monoisotopic (exact) mass is 287 g/mol. The van der Waals surface area contributed by atoms with E-state index in [1.54, 1.807) is 38.1 Å². The first-order valence-corrected chi connectivity index (χ1v) is 7.11. The first kappa shape index (κ1) is 15.1. The number of rotatable bonds is 6. The Bertz CT molecular complexity index is 555. The molecule has 106 valence electrons. The van der Waals surface area contributed by atoms with Crippen LogP contribution in [0.4, 0.5) is 5.69 Å². The van der Waals surface area contributed by atoms with Crippen LogP contribution in [-0.4, -0.2) is 31.3 Å². The summed E-state index contributed by atoms with van der Waals surface area (Å²) in [4.78, 5) is 0. The van der Waals surface area contributed by atoms with Crippen molar-refractivity contribution in [1.82, 2.24) is 0 Å². The number of benzene rings is 1. The topological polar surface area (TPSA) is 114 Å². The lowest BCUT2D eigenvalue weighted by Crippen LogP contribution is -2.24. The van der Waals surface area contributed by atoms with Crippen molar-refractivity contribution in [3.63, 3.8) is 0 Å². The number of hydrogen-bond donors (Lipinski definition) is 3. The molecule has 0 aliphatic rings. The maximum atomic E-state index is 11.8. The average Bonchev–Trinajstić information content (AvgIpc) is 2.36. The number of para-hydroxylation sites is 2. The summed E-state index contributed by atoms with van der Waals surface area (Å²) in [6, 6.07) is 6.52. The summed E-state index contributed by atoms with van der Waals surface area (Å²) in [7, 11) is -3.46. The normalized spacial score (nSPS) is 12.5. The Hall–Kier alpha value is -1.96. The predicted octanol–water partition coefficient (Wildman–Crippen LogP) is 0.962. The van der Waals surface area contributed by atoms with Crippen LogP contribution in [0.5, 0.6) is 5.75 Å². The molecule has 4 N–H and O–H groups in total. The van der Waals surface area contributed by atoms with E-state index in [-0.39, 0.29) is 12.4 Å². The highest BCUT2D eigenvalue weighted by Gasteiger charge is 2.17. The molecule has 0 aromatic heterocycles. The van der Waals surface area contributed by atoms with E-state index in [0.29, 0.717) is 11.4 Å². The minimum atomic E-state index is -3.46. The smallest absolute Gasteiger partial charge is 0.235 e. The van der Waals surface area contributed by atoms with E-state index in [4.69, 9.17) is 15.7 Å². The van der Waals surface area contributed by atoms with Crippen LogP contribution < -0.4 is 15.2 Å². The Balaban J connectivity index is 2.91. The zero-order valence-electron chi connectivity index (χ0n) is 10.7. The molecule has 0 fully saturated rings. The van der Waals surface area contributed by atoms with Gasteiger partial charge in [-0.1, -0.05) is 17.3 Å². The maximum absolute atomic E-state index is 11.8. The fourth-order valence-electron chi connectivity index (χ4n) is 1.13. The van der Waals surface area contributed by atoms with Crippen molar-refractivity contribution in [3.8, 4) is 5.75 Å². The van der Waals surface area contributed by atoms with Gasteiger partial charge < -0.3 is 15.7 Å². The molecule has 0 aliphatic carbocycles. The summed E-state index contributed by atoms with van der Waals surface area (Å²) in [5.41, 5.74) is 5.59. The second kappa shape index (κ2) is 6.28. The Kier molecular flexibility index (Phi) is 4.99. The summed E-state index contributed by atoms with van der Waals surface area (Å²) in [6.45, 7) is 3.00. The van der Waals surface area contributed by atoms with E-state index >= 15 is 0 Å². The van der Waals surface area contributed by atoms with Crippen LogP contribution in [0.15, 0.2) is 29.4 Å². The third-order valence-corrected chi connectivity index (χ3v) is 4.01. The van der Waals surface area contributed by atoms with Gasteiger partial charge in [-0.2, -0.15) is 0 Å². The first-order chi connectivity index (χ1) is 8.86. The highest BCUT2D eigenvalue weighted by molar-refractivity contribution is 7.93. The Morgan fingerprint density at radius 2 is 2.11 bits per heavy atom. The van der Waals surface area contributed by atoms with Crippen LogP contribution in [-0.2, 0) is 10.0 Å². The third-order valence-electron chi connectivity index (χ3n) is 2.26. The number of anilines is 1. The van der Waals surface area contributed by atoms with Crippen molar-refractivity contribution in [2.45, 2.75) is 19.1 Å². The van der Waals surface area contributed by atoms with E-state index in [1.807, 2.05) is 0 Å². The van der Waals surface area contributed by atoms with Gasteiger partial charge >= 0.3 is 0 Å². The van der Waals surface area contributed by atoms with Gasteiger partial charge in [0, 0.05) is 0 Å². The number of oxime groups is 1. The van der Waals surface area contributed by atoms with Crippen molar-refractivity contribution >= 4 is 21.5 Å². The molecule has 19 heavy (non-hydrogen) atoms. The molecule has 0 atom stereocenters. The number of ether oxygens (including phenoxy) is 1. The summed E-state index contributed by atoms with van der Waals surface area (Å²) >= 11 is 0. The lowest BCUT2D eigenvalue weighted by Gasteiger charge is -2.14. The highest BCUT2D eigenvalue weighted by atomic mass is 32.2. The summed E-state index contributed by atoms with van der Waals surface area (Å²) in [5, 5.41) is 10.6. The molecule has 0 spiro atoms. The lowest BCUT2D eigenvalue weighted by molar-refractivity contribution is 0.306. The maximum Gasteiger partial charge on any atom is 0.235 e. The number of hydrogen-bond acceptors (Lipinski definition) is 5. The van der Waals surface area contributed by atoms with E-state index in [9.17, 15) is 8.42 Å². The van der Waals surface area contributed by atoms with Crippen LogP contribution in [0.1, 0.15) is 13.8 Å². The van der Waals surface area contributed by atoms with Gasteiger partial charge in [-0.25, -0.2) is 8.42 Å². The van der Waals surface area contributed by atoms with Crippen LogP contribution in [0.2, 0.25) is 0 Å². The van der Waals surface area contributed by atoms with Gasteiger partial charge in [-0.3, -0.25) is 4.72 Å². The number of nitrogens with one attached hydrogen (secondary N) is 1. The zero-order chi connectivity index (χ0) is 14.5. The minimum absolute atomic E-state index is 0.110. The van der Waals surface area contributed by atoms with E-state index < -0.39 is 15.3 Å². The Morgan fingerprint density at radius 1 is 1.47 bits per heavy atom. The first-order valence-electron chi connectivity index (χ1n) is 5.56.